The summed E-state index contributed by atoms with van der Waals surface area (Å²) in [7, 11) is 2.86. The average Bonchev–Trinajstić information content (AvgIpc) is 2.80. The monoisotopic (exact) mass is 536 g/mol. The number of phosphoric ester groups is 1. The molecule has 2 atom stereocenters. The molecule has 0 saturated heterocycles. The number of quaternary nitrogens is 1. The molecule has 0 radical (unpaired) electrons. The van der Waals surface area contributed by atoms with E-state index in [0.29, 0.717) is 17.4 Å². The van der Waals surface area contributed by atoms with Crippen molar-refractivity contribution in [2.75, 3.05) is 47.9 Å². The number of hydrogen-bond acceptors (Lipinski definition) is 6. The molecular weight excluding hydrogens is 479 g/mol. The summed E-state index contributed by atoms with van der Waals surface area (Å²) in [6, 6.07) is 0. The third kappa shape index (κ3) is 25.0. The number of nitrogens with zero attached hydrogens (tertiary/aromatic N) is 1. The molecule has 1 amide bonds. The van der Waals surface area contributed by atoms with Crippen molar-refractivity contribution < 1.29 is 32.5 Å². The highest BCUT2D eigenvalue weighted by molar-refractivity contribution is 7.45. The van der Waals surface area contributed by atoms with Gasteiger partial charge in [-0.25, -0.2) is 4.79 Å². The molecule has 0 aliphatic rings. The number of ether oxygens (including phenoxy) is 1. The van der Waals surface area contributed by atoms with Gasteiger partial charge in [-0.1, -0.05) is 110 Å². The number of nitrogens with one attached hydrogen (secondary N) is 1. The van der Waals surface area contributed by atoms with Crippen LogP contribution >= 0.6 is 7.82 Å². The van der Waals surface area contributed by atoms with Gasteiger partial charge in [-0.05, 0) is 6.42 Å². The summed E-state index contributed by atoms with van der Waals surface area (Å²) in [5.74, 6) is 0. The highest BCUT2D eigenvalue weighted by atomic mass is 31.2. The molecule has 0 bridgehead atoms. The van der Waals surface area contributed by atoms with Crippen LogP contribution in [-0.2, 0) is 18.3 Å². The standard InChI is InChI=1S/C27H57N2O6P/c1-6-7-8-9-10-11-12-13-14-15-16-17-18-19-20-21-22-26(25-33-27(30)28-2)35-36(31,32)34-24-23-29(3,4)5/h26H,6-25H2,1-5H3,(H-,28,30,31,32). The van der Waals surface area contributed by atoms with Crippen molar-refractivity contribution in [3.8, 4) is 0 Å². The predicted octanol–water partition coefficient (Wildman–Crippen LogP) is 6.57. The Hall–Kier alpha value is -0.660. The molecule has 0 spiro atoms. The first kappa shape index (κ1) is 35.3. The Morgan fingerprint density at radius 1 is 0.833 bits per heavy atom. The molecule has 0 rings (SSSR count). The maximum atomic E-state index is 12.2. The largest absolute Gasteiger partial charge is 0.756 e. The van der Waals surface area contributed by atoms with Crippen LogP contribution in [0.3, 0.4) is 0 Å². The van der Waals surface area contributed by atoms with Gasteiger partial charge < -0.3 is 28.5 Å². The van der Waals surface area contributed by atoms with Crippen LogP contribution in [0.15, 0.2) is 0 Å². The molecule has 0 heterocycles. The predicted molar refractivity (Wildman–Crippen MR) is 146 cm³/mol. The van der Waals surface area contributed by atoms with Gasteiger partial charge in [0.05, 0.1) is 21.1 Å². The number of phosphoric acid groups is 1. The molecule has 0 aromatic carbocycles. The fourth-order valence-corrected chi connectivity index (χ4v) is 4.86. The van der Waals surface area contributed by atoms with E-state index in [4.69, 9.17) is 13.8 Å². The SMILES string of the molecule is CCCCCCCCCCCCCCCCCCC(COC(=O)NC)OP(=O)([O-])OCC[N+](C)(C)C. The van der Waals surface area contributed by atoms with Crippen molar-refractivity contribution in [2.24, 2.45) is 0 Å². The van der Waals surface area contributed by atoms with E-state index < -0.39 is 20.0 Å². The lowest BCUT2D eigenvalue weighted by Crippen LogP contribution is -2.37. The van der Waals surface area contributed by atoms with E-state index in [-0.39, 0.29) is 13.2 Å². The number of carbonyl (C=O) groups excluding carboxylic acids is 1. The Labute approximate surface area is 222 Å². The molecule has 0 fully saturated rings. The van der Waals surface area contributed by atoms with Crippen LogP contribution in [0, 0.1) is 0 Å². The number of carbonyl (C=O) groups is 1. The van der Waals surface area contributed by atoms with Gasteiger partial charge >= 0.3 is 6.09 Å². The molecule has 2 unspecified atom stereocenters. The van der Waals surface area contributed by atoms with E-state index in [1.54, 1.807) is 0 Å². The van der Waals surface area contributed by atoms with Gasteiger partial charge in [-0.2, -0.15) is 0 Å². The molecular formula is C27H57N2O6P. The number of unbranched alkanes of at least 4 members (excludes halogenated alkanes) is 15. The van der Waals surface area contributed by atoms with Gasteiger partial charge in [-0.15, -0.1) is 0 Å². The minimum absolute atomic E-state index is 0.0480. The molecule has 0 saturated carbocycles. The zero-order valence-corrected chi connectivity index (χ0v) is 25.0. The highest BCUT2D eigenvalue weighted by Gasteiger charge is 2.21. The first-order valence-electron chi connectivity index (χ1n) is 14.4. The normalized spacial score (nSPS) is 14.4. The fourth-order valence-electron chi connectivity index (χ4n) is 3.97. The van der Waals surface area contributed by atoms with Crippen LogP contribution in [0.2, 0.25) is 0 Å². The van der Waals surface area contributed by atoms with Gasteiger partial charge in [0.2, 0.25) is 0 Å². The Kier molecular flexibility index (Phi) is 21.9. The van der Waals surface area contributed by atoms with Crippen molar-refractivity contribution in [2.45, 2.75) is 122 Å². The topological polar surface area (TPSA) is 96.9 Å². The third-order valence-corrected chi connectivity index (χ3v) is 7.33. The highest BCUT2D eigenvalue weighted by Crippen LogP contribution is 2.40. The second-order valence-electron chi connectivity index (χ2n) is 11.0. The summed E-state index contributed by atoms with van der Waals surface area (Å²) in [4.78, 5) is 23.7. The Morgan fingerprint density at radius 2 is 1.28 bits per heavy atom. The van der Waals surface area contributed by atoms with Crippen molar-refractivity contribution in [1.82, 2.24) is 5.32 Å². The maximum Gasteiger partial charge on any atom is 0.406 e. The lowest BCUT2D eigenvalue weighted by Gasteiger charge is -2.30. The van der Waals surface area contributed by atoms with Gasteiger partial charge in [-0.3, -0.25) is 4.57 Å². The number of hydrogen-bond donors (Lipinski definition) is 1. The molecule has 0 aliphatic carbocycles. The second-order valence-corrected chi connectivity index (χ2v) is 12.3. The first-order chi connectivity index (χ1) is 17.1. The lowest BCUT2D eigenvalue weighted by atomic mass is 10.0. The molecule has 36 heavy (non-hydrogen) atoms. The van der Waals surface area contributed by atoms with Crippen molar-refractivity contribution in [1.29, 1.82) is 0 Å². The van der Waals surface area contributed by atoms with Crippen LogP contribution in [0.25, 0.3) is 0 Å². The van der Waals surface area contributed by atoms with E-state index in [2.05, 4.69) is 12.2 Å². The van der Waals surface area contributed by atoms with Gasteiger partial charge in [0.1, 0.15) is 25.9 Å². The van der Waals surface area contributed by atoms with Crippen LogP contribution in [-0.4, -0.2) is 64.6 Å². The number of amides is 1. The minimum Gasteiger partial charge on any atom is -0.756 e. The van der Waals surface area contributed by atoms with Crippen LogP contribution in [0.1, 0.15) is 116 Å². The van der Waals surface area contributed by atoms with Crippen LogP contribution in [0.4, 0.5) is 4.79 Å². The molecule has 8 nitrogen and oxygen atoms in total. The summed E-state index contributed by atoms with van der Waals surface area (Å²) in [6.07, 6.45) is 19.6. The minimum atomic E-state index is -4.47. The van der Waals surface area contributed by atoms with Crippen LogP contribution < -0.4 is 10.2 Å². The first-order valence-corrected chi connectivity index (χ1v) is 15.8. The smallest absolute Gasteiger partial charge is 0.406 e. The van der Waals surface area contributed by atoms with E-state index in [0.717, 1.165) is 19.3 Å². The molecule has 9 heteroatoms. The summed E-state index contributed by atoms with van der Waals surface area (Å²) < 4.78 is 28.1. The summed E-state index contributed by atoms with van der Waals surface area (Å²) in [5.41, 5.74) is 0. The number of rotatable bonds is 25. The van der Waals surface area contributed by atoms with Gasteiger partial charge in [0.25, 0.3) is 7.82 Å². The number of alkyl carbamates (subject to hydrolysis) is 1. The molecule has 1 N–H and O–H groups in total. The Morgan fingerprint density at radius 3 is 1.69 bits per heavy atom. The summed E-state index contributed by atoms with van der Waals surface area (Å²) in [5, 5.41) is 2.36. The second kappa shape index (κ2) is 22.3. The molecule has 0 aromatic heterocycles. The molecule has 0 aromatic rings. The van der Waals surface area contributed by atoms with Crippen molar-refractivity contribution in [3.05, 3.63) is 0 Å². The fraction of sp³-hybridized carbons (Fsp3) is 0.963. The Bertz CT molecular complexity index is 571. The van der Waals surface area contributed by atoms with E-state index in [9.17, 15) is 14.3 Å². The van der Waals surface area contributed by atoms with Gasteiger partial charge in [0.15, 0.2) is 0 Å². The lowest BCUT2D eigenvalue weighted by molar-refractivity contribution is -0.870. The van der Waals surface area contributed by atoms with Crippen LogP contribution in [0.5, 0.6) is 0 Å². The average molecular weight is 537 g/mol. The van der Waals surface area contributed by atoms with E-state index >= 15 is 0 Å². The quantitative estimate of drug-likeness (QED) is 0.0805. The molecule has 216 valence electrons. The zero-order chi connectivity index (χ0) is 27.1. The van der Waals surface area contributed by atoms with E-state index in [1.807, 2.05) is 21.1 Å². The van der Waals surface area contributed by atoms with Crippen molar-refractivity contribution in [3.63, 3.8) is 0 Å². The Balaban J connectivity index is 3.95. The summed E-state index contributed by atoms with van der Waals surface area (Å²) in [6.45, 7) is 2.73. The van der Waals surface area contributed by atoms with Gasteiger partial charge in [0, 0.05) is 7.05 Å². The van der Waals surface area contributed by atoms with Crippen molar-refractivity contribution >= 4 is 13.9 Å². The third-order valence-electron chi connectivity index (χ3n) is 6.27. The number of likely N-dealkylation sites (N-methyl/N-ethyl adjacent to an activating group) is 1. The molecule has 0 aliphatic heterocycles. The van der Waals surface area contributed by atoms with E-state index in [1.165, 1.54) is 90.5 Å². The maximum absolute atomic E-state index is 12.2. The summed E-state index contributed by atoms with van der Waals surface area (Å²) >= 11 is 0. The zero-order valence-electron chi connectivity index (χ0n) is 24.1.